The maximum atomic E-state index is 6.24. The van der Waals surface area contributed by atoms with E-state index in [1.54, 1.807) is 0 Å². The number of rotatable bonds is 1. The highest BCUT2D eigenvalue weighted by atomic mass is 35.5. The quantitative estimate of drug-likeness (QED) is 0.607. The van der Waals surface area contributed by atoms with Gasteiger partial charge in [0.15, 0.2) is 4.33 Å². The van der Waals surface area contributed by atoms with Crippen LogP contribution < -0.4 is 0 Å². The summed E-state index contributed by atoms with van der Waals surface area (Å²) in [7, 11) is 0. The van der Waals surface area contributed by atoms with E-state index in [1.165, 1.54) is 0 Å². The molecule has 0 aromatic heterocycles. The molecule has 0 unspecified atom stereocenters. The van der Waals surface area contributed by atoms with Gasteiger partial charge in [0.1, 0.15) is 4.33 Å². The van der Waals surface area contributed by atoms with Crippen LogP contribution in [0.3, 0.4) is 0 Å². The Bertz CT molecular complexity index is 517. The number of hydrogen-bond donors (Lipinski definition) is 0. The Labute approximate surface area is 124 Å². The summed E-state index contributed by atoms with van der Waals surface area (Å²) in [5, 5.41) is 0.426. The lowest BCUT2D eigenvalue weighted by atomic mass is 9.75. The number of halogens is 5. The molecule has 5 heteroatoms. The summed E-state index contributed by atoms with van der Waals surface area (Å²) in [4.78, 5) is 0. The van der Waals surface area contributed by atoms with Gasteiger partial charge in [-0.05, 0) is 17.6 Å². The average Bonchev–Trinajstić information content (AvgIpc) is 2.87. The van der Waals surface area contributed by atoms with E-state index >= 15 is 0 Å². The molecule has 3 rings (SSSR count). The Kier molecular flexibility index (Phi) is 2.56. The summed E-state index contributed by atoms with van der Waals surface area (Å²) < 4.78 is -2.11. The van der Waals surface area contributed by atoms with E-state index in [2.05, 4.69) is 0 Å². The van der Waals surface area contributed by atoms with Crippen LogP contribution >= 0.6 is 58.0 Å². The van der Waals surface area contributed by atoms with Crippen LogP contribution in [0.2, 0.25) is 0 Å². The fourth-order valence-electron chi connectivity index (χ4n) is 2.50. The van der Waals surface area contributed by atoms with Crippen LogP contribution in [0.1, 0.15) is 12.0 Å². The molecule has 1 fully saturated rings. The van der Waals surface area contributed by atoms with Crippen LogP contribution in [0.15, 0.2) is 35.4 Å². The van der Waals surface area contributed by atoms with Gasteiger partial charge >= 0.3 is 0 Å². The number of alkyl halides is 4. The van der Waals surface area contributed by atoms with Crippen molar-refractivity contribution in [1.82, 2.24) is 0 Å². The molecule has 1 spiro atoms. The standard InChI is InChI=1S/C12H7Cl5/c13-9-8(7-4-2-1-3-5-7)10(12(9,16)17)6-11(10,14)15/h1-5H,6H2/t10-/m0/s1. The first-order chi connectivity index (χ1) is 7.84. The number of benzene rings is 1. The van der Waals surface area contributed by atoms with E-state index in [-0.39, 0.29) is 0 Å². The van der Waals surface area contributed by atoms with Gasteiger partial charge in [0, 0.05) is 0 Å². The predicted molar refractivity (Wildman–Crippen MR) is 75.1 cm³/mol. The molecule has 2 aliphatic rings. The van der Waals surface area contributed by atoms with Gasteiger partial charge in [-0.15, -0.1) is 23.2 Å². The van der Waals surface area contributed by atoms with E-state index in [4.69, 9.17) is 58.0 Å². The highest BCUT2D eigenvalue weighted by Crippen LogP contribution is 2.84. The minimum absolute atomic E-state index is 0.426. The topological polar surface area (TPSA) is 0 Å². The molecular formula is C12H7Cl5. The van der Waals surface area contributed by atoms with Crippen molar-refractivity contribution >= 4 is 63.6 Å². The first-order valence-electron chi connectivity index (χ1n) is 5.06. The van der Waals surface area contributed by atoms with Crippen LogP contribution in [0, 0.1) is 5.41 Å². The van der Waals surface area contributed by atoms with E-state index < -0.39 is 14.1 Å². The molecule has 0 saturated heterocycles. The molecule has 0 amide bonds. The molecule has 0 radical (unpaired) electrons. The highest BCUT2D eigenvalue weighted by molar-refractivity contribution is 6.65. The summed E-state index contributed by atoms with van der Waals surface area (Å²) >= 11 is 31.1. The summed E-state index contributed by atoms with van der Waals surface area (Å²) in [5.74, 6) is 0. The van der Waals surface area contributed by atoms with E-state index in [9.17, 15) is 0 Å². The molecule has 1 aromatic carbocycles. The normalized spacial score (nSPS) is 32.5. The minimum atomic E-state index is -1.18. The maximum Gasteiger partial charge on any atom is 0.166 e. The Balaban J connectivity index is 2.16. The summed E-state index contributed by atoms with van der Waals surface area (Å²) in [5.41, 5.74) is 1.21. The number of hydrogen-bond acceptors (Lipinski definition) is 0. The van der Waals surface area contributed by atoms with E-state index in [1.807, 2.05) is 30.3 Å². The van der Waals surface area contributed by atoms with Crippen molar-refractivity contribution in [3.05, 3.63) is 40.9 Å². The molecule has 0 aliphatic heterocycles. The second-order valence-corrected chi connectivity index (χ2v) is 7.61. The molecule has 0 heterocycles. The minimum Gasteiger partial charge on any atom is -0.100 e. The van der Waals surface area contributed by atoms with Crippen molar-refractivity contribution in [3.8, 4) is 0 Å². The molecular weight excluding hydrogens is 321 g/mol. The van der Waals surface area contributed by atoms with Gasteiger partial charge in [0.2, 0.25) is 0 Å². The summed E-state index contributed by atoms with van der Waals surface area (Å²) in [6.07, 6.45) is 0.524. The van der Waals surface area contributed by atoms with Crippen molar-refractivity contribution in [2.45, 2.75) is 15.1 Å². The van der Waals surface area contributed by atoms with Crippen molar-refractivity contribution in [2.24, 2.45) is 5.41 Å². The zero-order valence-corrected chi connectivity index (χ0v) is 12.3. The Morgan fingerprint density at radius 2 is 1.47 bits per heavy atom. The van der Waals surface area contributed by atoms with Crippen LogP contribution in [-0.4, -0.2) is 8.67 Å². The van der Waals surface area contributed by atoms with Gasteiger partial charge in [0.05, 0.1) is 10.4 Å². The van der Waals surface area contributed by atoms with Crippen molar-refractivity contribution < 1.29 is 0 Å². The Morgan fingerprint density at radius 1 is 0.941 bits per heavy atom. The molecule has 2 aliphatic carbocycles. The lowest BCUT2D eigenvalue weighted by molar-refractivity contribution is 0.574. The molecule has 0 bridgehead atoms. The van der Waals surface area contributed by atoms with Gasteiger partial charge in [-0.3, -0.25) is 0 Å². The smallest absolute Gasteiger partial charge is 0.100 e. The van der Waals surface area contributed by atoms with Crippen LogP contribution in [0.4, 0.5) is 0 Å². The second-order valence-electron chi connectivity index (χ2n) is 4.42. The Hall–Kier alpha value is 0.410. The van der Waals surface area contributed by atoms with Gasteiger partial charge in [-0.1, -0.05) is 65.1 Å². The molecule has 1 atom stereocenters. The third kappa shape index (κ3) is 1.34. The average molecular weight is 328 g/mol. The first-order valence-corrected chi connectivity index (χ1v) is 6.95. The third-order valence-electron chi connectivity index (χ3n) is 3.51. The molecule has 1 aromatic rings. The number of allylic oxidation sites excluding steroid dienone is 2. The first kappa shape index (κ1) is 12.4. The molecule has 17 heavy (non-hydrogen) atoms. The zero-order chi connectivity index (χ0) is 12.5. The summed E-state index contributed by atoms with van der Waals surface area (Å²) in [6.45, 7) is 0. The van der Waals surface area contributed by atoms with Gasteiger partial charge in [0.25, 0.3) is 0 Å². The lowest BCUT2D eigenvalue weighted by Crippen LogP contribution is -2.43. The van der Waals surface area contributed by atoms with E-state index in [0.29, 0.717) is 11.5 Å². The van der Waals surface area contributed by atoms with Crippen molar-refractivity contribution in [2.75, 3.05) is 0 Å². The largest absolute Gasteiger partial charge is 0.166 e. The van der Waals surface area contributed by atoms with Crippen LogP contribution in [-0.2, 0) is 0 Å². The van der Waals surface area contributed by atoms with Crippen molar-refractivity contribution in [1.29, 1.82) is 0 Å². The highest BCUT2D eigenvalue weighted by Gasteiger charge is 2.83. The van der Waals surface area contributed by atoms with Gasteiger partial charge in [-0.25, -0.2) is 0 Å². The molecule has 90 valence electrons. The van der Waals surface area contributed by atoms with Gasteiger partial charge in [-0.2, -0.15) is 0 Å². The maximum absolute atomic E-state index is 6.24. The molecule has 0 N–H and O–H groups in total. The van der Waals surface area contributed by atoms with Crippen molar-refractivity contribution in [3.63, 3.8) is 0 Å². The third-order valence-corrected chi connectivity index (χ3v) is 6.11. The van der Waals surface area contributed by atoms with Gasteiger partial charge < -0.3 is 0 Å². The fraction of sp³-hybridized carbons (Fsp3) is 0.333. The van der Waals surface area contributed by atoms with E-state index in [0.717, 1.165) is 11.1 Å². The summed E-state index contributed by atoms with van der Waals surface area (Å²) in [6, 6.07) is 9.68. The predicted octanol–water partition coefficient (Wildman–Crippen LogP) is 5.39. The Morgan fingerprint density at radius 3 is 1.94 bits per heavy atom. The van der Waals surface area contributed by atoms with Crippen LogP contribution in [0.5, 0.6) is 0 Å². The molecule has 0 nitrogen and oxygen atoms in total. The SMILES string of the molecule is ClC1=C(c2ccccc2)[C@]2(CC2(Cl)Cl)C1(Cl)Cl. The molecule has 1 saturated carbocycles. The monoisotopic (exact) mass is 326 g/mol. The zero-order valence-electron chi connectivity index (χ0n) is 8.48. The lowest BCUT2D eigenvalue weighted by Gasteiger charge is -2.44. The second kappa shape index (κ2) is 3.49. The van der Waals surface area contributed by atoms with Crippen LogP contribution in [0.25, 0.3) is 5.57 Å². The fourth-order valence-corrected chi connectivity index (χ4v) is 4.84.